The average molecular weight is 238 g/mol. The van der Waals surface area contributed by atoms with E-state index >= 15 is 0 Å². The third-order valence-corrected chi connectivity index (χ3v) is 2.90. The number of hydrogen-bond acceptors (Lipinski definition) is 4. The summed E-state index contributed by atoms with van der Waals surface area (Å²) in [6.45, 7) is 2.58. The summed E-state index contributed by atoms with van der Waals surface area (Å²) in [5.74, 6) is 0.249. The molecule has 0 unspecified atom stereocenters. The number of rotatable bonds is 5. The second-order valence-corrected chi connectivity index (χ2v) is 4.44. The van der Waals surface area contributed by atoms with Gasteiger partial charge in [-0.2, -0.15) is 0 Å². The van der Waals surface area contributed by atoms with Crippen molar-refractivity contribution in [1.82, 2.24) is 9.55 Å². The number of aromatic nitrogens is 2. The molecule has 0 radical (unpaired) electrons. The summed E-state index contributed by atoms with van der Waals surface area (Å²) in [6, 6.07) is 0.329. The van der Waals surface area contributed by atoms with Crippen molar-refractivity contribution in [2.45, 2.75) is 45.2 Å². The fourth-order valence-electron chi connectivity index (χ4n) is 1.70. The van der Waals surface area contributed by atoms with Gasteiger partial charge in [0.1, 0.15) is 11.5 Å². The molecule has 4 N–H and O–H groups in total. The number of unbranched alkanes of at least 4 members (excludes halogenated alkanes) is 1. The lowest BCUT2D eigenvalue weighted by atomic mass is 10.3. The Morgan fingerprint density at radius 1 is 1.47 bits per heavy atom. The van der Waals surface area contributed by atoms with Crippen molar-refractivity contribution in [3.63, 3.8) is 0 Å². The Labute approximate surface area is 98.8 Å². The van der Waals surface area contributed by atoms with Gasteiger partial charge in [0, 0.05) is 12.6 Å². The molecule has 0 amide bonds. The summed E-state index contributed by atoms with van der Waals surface area (Å²) in [7, 11) is 0. The molecular formula is C11H18N4O2. The highest BCUT2D eigenvalue weighted by Crippen LogP contribution is 2.25. The summed E-state index contributed by atoms with van der Waals surface area (Å²) in [5, 5.41) is 3.07. The zero-order valence-corrected chi connectivity index (χ0v) is 9.95. The molecule has 1 aromatic rings. The molecule has 6 nitrogen and oxygen atoms in total. The van der Waals surface area contributed by atoms with Crippen molar-refractivity contribution in [2.75, 3.05) is 11.1 Å². The van der Waals surface area contributed by atoms with Gasteiger partial charge in [0.05, 0.1) is 0 Å². The molecule has 17 heavy (non-hydrogen) atoms. The molecule has 1 aliphatic carbocycles. The van der Waals surface area contributed by atoms with E-state index in [4.69, 9.17) is 5.73 Å². The maximum Gasteiger partial charge on any atom is 0.330 e. The summed E-state index contributed by atoms with van der Waals surface area (Å²) >= 11 is 0. The van der Waals surface area contributed by atoms with E-state index in [9.17, 15) is 9.59 Å². The van der Waals surface area contributed by atoms with Crippen LogP contribution in [0.4, 0.5) is 11.5 Å². The number of aromatic amines is 1. The lowest BCUT2D eigenvalue weighted by molar-refractivity contribution is 0.605. The van der Waals surface area contributed by atoms with Crippen LogP contribution in [-0.4, -0.2) is 15.6 Å². The van der Waals surface area contributed by atoms with Crippen LogP contribution in [0.1, 0.15) is 32.6 Å². The van der Waals surface area contributed by atoms with Crippen molar-refractivity contribution in [2.24, 2.45) is 0 Å². The van der Waals surface area contributed by atoms with Gasteiger partial charge in [0.2, 0.25) is 0 Å². The van der Waals surface area contributed by atoms with Crippen LogP contribution < -0.4 is 22.3 Å². The standard InChI is InChI=1S/C11H18N4O2/c1-2-3-6-15-9(12)8(13-7-4-5-7)10(16)14-11(15)17/h7,13H,2-6,12H2,1H3,(H,14,16,17). The number of nitrogen functional groups attached to an aromatic ring is 1. The Kier molecular flexibility index (Phi) is 3.21. The molecule has 0 aliphatic heterocycles. The van der Waals surface area contributed by atoms with Crippen molar-refractivity contribution < 1.29 is 0 Å². The predicted molar refractivity (Wildman–Crippen MR) is 67.3 cm³/mol. The Morgan fingerprint density at radius 2 is 2.18 bits per heavy atom. The quantitative estimate of drug-likeness (QED) is 0.696. The molecule has 0 saturated heterocycles. The van der Waals surface area contributed by atoms with Gasteiger partial charge >= 0.3 is 5.69 Å². The van der Waals surface area contributed by atoms with Crippen LogP contribution in [0.5, 0.6) is 0 Å². The molecule has 0 atom stereocenters. The Hall–Kier alpha value is -1.72. The van der Waals surface area contributed by atoms with Crippen LogP contribution in [0.15, 0.2) is 9.59 Å². The number of H-pyrrole nitrogens is 1. The van der Waals surface area contributed by atoms with Crippen LogP contribution in [0, 0.1) is 0 Å². The fourth-order valence-corrected chi connectivity index (χ4v) is 1.70. The van der Waals surface area contributed by atoms with Crippen molar-refractivity contribution in [3.05, 3.63) is 20.8 Å². The average Bonchev–Trinajstić information content (AvgIpc) is 3.08. The molecule has 1 fully saturated rings. The topological polar surface area (TPSA) is 92.9 Å². The molecule has 1 heterocycles. The van der Waals surface area contributed by atoms with Crippen molar-refractivity contribution in [1.29, 1.82) is 0 Å². The van der Waals surface area contributed by atoms with E-state index in [1.165, 1.54) is 4.57 Å². The van der Waals surface area contributed by atoms with Crippen molar-refractivity contribution in [3.8, 4) is 0 Å². The van der Waals surface area contributed by atoms with E-state index in [1.807, 2.05) is 6.92 Å². The Morgan fingerprint density at radius 3 is 2.76 bits per heavy atom. The lowest BCUT2D eigenvalue weighted by Gasteiger charge is -2.13. The third-order valence-electron chi connectivity index (χ3n) is 2.90. The maximum absolute atomic E-state index is 11.6. The zero-order valence-electron chi connectivity index (χ0n) is 9.95. The largest absolute Gasteiger partial charge is 0.383 e. The summed E-state index contributed by atoms with van der Waals surface area (Å²) in [5.41, 5.74) is 5.37. The minimum atomic E-state index is -0.428. The first-order valence-corrected chi connectivity index (χ1v) is 6.02. The van der Waals surface area contributed by atoms with Crippen LogP contribution in [0.3, 0.4) is 0 Å². The predicted octanol–water partition coefficient (Wildman–Crippen LogP) is 0.493. The highest BCUT2D eigenvalue weighted by molar-refractivity contribution is 5.61. The van der Waals surface area contributed by atoms with Gasteiger partial charge < -0.3 is 11.1 Å². The highest BCUT2D eigenvalue weighted by atomic mass is 16.2. The van der Waals surface area contributed by atoms with E-state index in [0.717, 1.165) is 25.7 Å². The number of nitrogens with one attached hydrogen (secondary N) is 2. The van der Waals surface area contributed by atoms with Gasteiger partial charge in [-0.1, -0.05) is 13.3 Å². The highest BCUT2D eigenvalue weighted by Gasteiger charge is 2.24. The number of nitrogens with two attached hydrogens (primary N) is 1. The monoisotopic (exact) mass is 238 g/mol. The Balaban J connectivity index is 2.36. The van der Waals surface area contributed by atoms with Gasteiger partial charge in [-0.05, 0) is 19.3 Å². The fraction of sp³-hybridized carbons (Fsp3) is 0.636. The molecule has 0 spiro atoms. The van der Waals surface area contributed by atoms with Gasteiger partial charge in [-0.3, -0.25) is 14.3 Å². The van der Waals surface area contributed by atoms with Crippen LogP contribution in [0.25, 0.3) is 0 Å². The normalized spacial score (nSPS) is 14.9. The van der Waals surface area contributed by atoms with E-state index in [2.05, 4.69) is 10.3 Å². The first-order valence-electron chi connectivity index (χ1n) is 6.02. The second kappa shape index (κ2) is 4.65. The minimum absolute atomic E-state index is 0.249. The van der Waals surface area contributed by atoms with E-state index in [-0.39, 0.29) is 5.82 Å². The van der Waals surface area contributed by atoms with Crippen LogP contribution in [0.2, 0.25) is 0 Å². The molecule has 2 rings (SSSR count). The summed E-state index contributed by atoms with van der Waals surface area (Å²) in [6.07, 6.45) is 3.93. The summed E-state index contributed by atoms with van der Waals surface area (Å²) < 4.78 is 1.43. The molecule has 6 heteroatoms. The zero-order chi connectivity index (χ0) is 12.4. The number of hydrogen-bond donors (Lipinski definition) is 3. The smallest absolute Gasteiger partial charge is 0.330 e. The third kappa shape index (κ3) is 2.51. The van der Waals surface area contributed by atoms with Gasteiger partial charge in [0.15, 0.2) is 0 Å². The summed E-state index contributed by atoms with van der Waals surface area (Å²) in [4.78, 5) is 25.6. The molecule has 0 bridgehead atoms. The number of nitrogens with zero attached hydrogens (tertiary/aromatic N) is 1. The minimum Gasteiger partial charge on any atom is -0.383 e. The van der Waals surface area contributed by atoms with Crippen LogP contribution in [-0.2, 0) is 6.54 Å². The van der Waals surface area contributed by atoms with Crippen molar-refractivity contribution >= 4 is 11.5 Å². The molecule has 1 aromatic heterocycles. The van der Waals surface area contributed by atoms with E-state index in [1.54, 1.807) is 0 Å². The first-order chi connectivity index (χ1) is 8.13. The number of anilines is 2. The first kappa shape index (κ1) is 11.8. The maximum atomic E-state index is 11.6. The van der Waals surface area contributed by atoms with Crippen LogP contribution >= 0.6 is 0 Å². The second-order valence-electron chi connectivity index (χ2n) is 4.44. The molecule has 1 saturated carbocycles. The molecule has 0 aromatic carbocycles. The Bertz CT molecular complexity index is 513. The van der Waals surface area contributed by atoms with Gasteiger partial charge in [-0.25, -0.2) is 4.79 Å². The lowest BCUT2D eigenvalue weighted by Crippen LogP contribution is -2.34. The van der Waals surface area contributed by atoms with Gasteiger partial charge in [0.25, 0.3) is 5.56 Å². The molecule has 1 aliphatic rings. The van der Waals surface area contributed by atoms with E-state index < -0.39 is 11.2 Å². The molecular weight excluding hydrogens is 220 g/mol. The SMILES string of the molecule is CCCCn1c(N)c(NC2CC2)c(=O)[nH]c1=O. The molecule has 94 valence electrons. The van der Waals surface area contributed by atoms with E-state index in [0.29, 0.717) is 18.3 Å². The van der Waals surface area contributed by atoms with Gasteiger partial charge in [-0.15, -0.1) is 0 Å².